The van der Waals surface area contributed by atoms with E-state index in [-0.39, 0.29) is 5.82 Å². The lowest BCUT2D eigenvalue weighted by Crippen LogP contribution is -2.45. The van der Waals surface area contributed by atoms with Crippen molar-refractivity contribution in [3.8, 4) is 0 Å². The van der Waals surface area contributed by atoms with Crippen molar-refractivity contribution in [1.82, 2.24) is 10.2 Å². The highest BCUT2D eigenvalue weighted by Gasteiger charge is 2.24. The third kappa shape index (κ3) is 3.77. The van der Waals surface area contributed by atoms with Crippen molar-refractivity contribution in [2.75, 3.05) is 26.2 Å². The van der Waals surface area contributed by atoms with E-state index in [2.05, 4.69) is 24.1 Å². The molecule has 1 aliphatic heterocycles. The molecule has 0 aromatic heterocycles. The molecular weight excluding hydrogens is 239 g/mol. The van der Waals surface area contributed by atoms with Crippen LogP contribution in [0.2, 0.25) is 0 Å². The summed E-state index contributed by atoms with van der Waals surface area (Å²) < 4.78 is 13.3. The first kappa shape index (κ1) is 14.5. The zero-order valence-corrected chi connectivity index (χ0v) is 12.2. The van der Waals surface area contributed by atoms with Crippen molar-refractivity contribution >= 4 is 0 Å². The molecule has 0 saturated carbocycles. The van der Waals surface area contributed by atoms with Crippen molar-refractivity contribution in [3.05, 3.63) is 35.1 Å². The third-order valence-corrected chi connectivity index (χ3v) is 3.88. The zero-order chi connectivity index (χ0) is 13.8. The van der Waals surface area contributed by atoms with E-state index >= 15 is 0 Å². The van der Waals surface area contributed by atoms with E-state index in [4.69, 9.17) is 0 Å². The van der Waals surface area contributed by atoms with Crippen LogP contribution in [-0.4, -0.2) is 31.1 Å². The van der Waals surface area contributed by atoms with Crippen molar-refractivity contribution in [1.29, 1.82) is 0 Å². The Hall–Kier alpha value is -0.930. The molecule has 106 valence electrons. The van der Waals surface area contributed by atoms with E-state index < -0.39 is 0 Å². The molecule has 1 aliphatic rings. The summed E-state index contributed by atoms with van der Waals surface area (Å²) in [6.45, 7) is 10.8. The van der Waals surface area contributed by atoms with E-state index in [9.17, 15) is 4.39 Å². The van der Waals surface area contributed by atoms with Crippen LogP contribution < -0.4 is 5.32 Å². The van der Waals surface area contributed by atoms with Crippen LogP contribution >= 0.6 is 0 Å². The summed E-state index contributed by atoms with van der Waals surface area (Å²) in [6, 6.07) is 5.64. The summed E-state index contributed by atoms with van der Waals surface area (Å²) in [5.41, 5.74) is 2.36. The average Bonchev–Trinajstić information content (AvgIpc) is 2.37. The van der Waals surface area contributed by atoms with E-state index in [0.29, 0.717) is 12.0 Å². The molecule has 1 N–H and O–H groups in total. The molecule has 1 atom stereocenters. The van der Waals surface area contributed by atoms with Crippen LogP contribution in [0.5, 0.6) is 0 Å². The van der Waals surface area contributed by atoms with Gasteiger partial charge in [0.2, 0.25) is 0 Å². The summed E-state index contributed by atoms with van der Waals surface area (Å²) in [6.07, 6.45) is 1.13. The highest BCUT2D eigenvalue weighted by atomic mass is 19.1. The predicted octanol–water partition coefficient (Wildman–Crippen LogP) is 3.13. The lowest BCUT2D eigenvalue weighted by atomic mass is 9.92. The van der Waals surface area contributed by atoms with Gasteiger partial charge in [0.25, 0.3) is 0 Å². The largest absolute Gasteiger partial charge is 0.314 e. The topological polar surface area (TPSA) is 15.3 Å². The minimum atomic E-state index is -0.134. The van der Waals surface area contributed by atoms with Gasteiger partial charge >= 0.3 is 0 Å². The van der Waals surface area contributed by atoms with Crippen LogP contribution in [0.1, 0.15) is 37.4 Å². The third-order valence-electron chi connectivity index (χ3n) is 3.88. The van der Waals surface area contributed by atoms with Crippen molar-refractivity contribution in [2.24, 2.45) is 5.92 Å². The van der Waals surface area contributed by atoms with Crippen LogP contribution in [0.4, 0.5) is 4.39 Å². The van der Waals surface area contributed by atoms with Crippen LogP contribution in [0.3, 0.4) is 0 Å². The van der Waals surface area contributed by atoms with Gasteiger partial charge in [0.05, 0.1) is 0 Å². The summed E-state index contributed by atoms with van der Waals surface area (Å²) in [5.74, 6) is 0.509. The van der Waals surface area contributed by atoms with Gasteiger partial charge < -0.3 is 5.32 Å². The van der Waals surface area contributed by atoms with Gasteiger partial charge in [-0.2, -0.15) is 0 Å². The first-order valence-corrected chi connectivity index (χ1v) is 7.28. The Morgan fingerprint density at radius 2 is 1.95 bits per heavy atom. The van der Waals surface area contributed by atoms with Crippen molar-refractivity contribution in [3.63, 3.8) is 0 Å². The molecule has 1 fully saturated rings. The summed E-state index contributed by atoms with van der Waals surface area (Å²) in [4.78, 5) is 2.54. The van der Waals surface area contributed by atoms with Crippen LogP contribution in [-0.2, 0) is 0 Å². The van der Waals surface area contributed by atoms with Gasteiger partial charge in [0.15, 0.2) is 0 Å². The monoisotopic (exact) mass is 264 g/mol. The molecule has 19 heavy (non-hydrogen) atoms. The molecular formula is C16H25FN2. The molecule has 1 heterocycles. The highest BCUT2D eigenvalue weighted by Crippen LogP contribution is 2.30. The van der Waals surface area contributed by atoms with Crippen LogP contribution in [0, 0.1) is 18.7 Å². The Labute approximate surface area is 116 Å². The maximum atomic E-state index is 13.3. The molecule has 2 rings (SSSR count). The summed E-state index contributed by atoms with van der Waals surface area (Å²) in [7, 11) is 0. The number of hydrogen-bond donors (Lipinski definition) is 1. The van der Waals surface area contributed by atoms with Gasteiger partial charge in [-0.15, -0.1) is 0 Å². The second kappa shape index (κ2) is 6.49. The molecule has 3 heteroatoms. The first-order chi connectivity index (χ1) is 9.08. The highest BCUT2D eigenvalue weighted by molar-refractivity contribution is 5.29. The van der Waals surface area contributed by atoms with Gasteiger partial charge in [0.1, 0.15) is 5.82 Å². The average molecular weight is 264 g/mol. The van der Waals surface area contributed by atoms with Crippen molar-refractivity contribution < 1.29 is 4.39 Å². The maximum Gasteiger partial charge on any atom is 0.123 e. The van der Waals surface area contributed by atoms with Gasteiger partial charge in [-0.3, -0.25) is 4.90 Å². The standard InChI is InChI=1S/C16H25FN2/c1-12(2)10-16(19-8-6-18-7-9-19)15-5-4-14(17)11-13(15)3/h4-5,11-12,16,18H,6-10H2,1-3H3/t16-/m1/s1. The molecule has 0 unspecified atom stereocenters. The molecule has 0 aliphatic carbocycles. The Balaban J connectivity index is 2.25. The zero-order valence-electron chi connectivity index (χ0n) is 12.2. The lowest BCUT2D eigenvalue weighted by molar-refractivity contribution is 0.153. The Morgan fingerprint density at radius 3 is 2.53 bits per heavy atom. The second-order valence-corrected chi connectivity index (χ2v) is 5.93. The van der Waals surface area contributed by atoms with E-state index in [1.165, 1.54) is 5.56 Å². The molecule has 1 aromatic rings. The van der Waals surface area contributed by atoms with Crippen LogP contribution in [0.15, 0.2) is 18.2 Å². The Bertz CT molecular complexity index is 411. The molecule has 1 saturated heterocycles. The van der Waals surface area contributed by atoms with E-state index in [0.717, 1.165) is 38.2 Å². The predicted molar refractivity (Wildman–Crippen MR) is 77.8 cm³/mol. The lowest BCUT2D eigenvalue weighted by Gasteiger charge is -2.37. The quantitative estimate of drug-likeness (QED) is 0.899. The maximum absolute atomic E-state index is 13.3. The van der Waals surface area contributed by atoms with E-state index in [1.54, 1.807) is 12.1 Å². The smallest absolute Gasteiger partial charge is 0.123 e. The minimum absolute atomic E-state index is 0.134. The van der Waals surface area contributed by atoms with Gasteiger partial charge in [-0.25, -0.2) is 4.39 Å². The summed E-state index contributed by atoms with van der Waals surface area (Å²) >= 11 is 0. The van der Waals surface area contributed by atoms with Gasteiger partial charge in [-0.05, 0) is 42.5 Å². The van der Waals surface area contributed by atoms with Crippen molar-refractivity contribution in [2.45, 2.75) is 33.2 Å². The Kier molecular flexibility index (Phi) is 4.94. The van der Waals surface area contributed by atoms with E-state index in [1.807, 2.05) is 13.0 Å². The number of halogens is 1. The SMILES string of the molecule is Cc1cc(F)ccc1[C@@H](CC(C)C)N1CCNCC1. The number of aryl methyl sites for hydroxylation is 1. The fourth-order valence-corrected chi connectivity index (χ4v) is 2.93. The number of nitrogens with one attached hydrogen (secondary N) is 1. The van der Waals surface area contributed by atoms with Gasteiger partial charge in [-0.1, -0.05) is 19.9 Å². The first-order valence-electron chi connectivity index (χ1n) is 7.28. The second-order valence-electron chi connectivity index (χ2n) is 5.93. The number of hydrogen-bond acceptors (Lipinski definition) is 2. The Morgan fingerprint density at radius 1 is 1.26 bits per heavy atom. The molecule has 0 bridgehead atoms. The van der Waals surface area contributed by atoms with Gasteiger partial charge in [0, 0.05) is 32.2 Å². The molecule has 0 spiro atoms. The van der Waals surface area contributed by atoms with Crippen LogP contribution in [0.25, 0.3) is 0 Å². The molecule has 0 amide bonds. The molecule has 2 nitrogen and oxygen atoms in total. The number of rotatable bonds is 4. The normalized spacial score (nSPS) is 18.8. The number of nitrogens with zero attached hydrogens (tertiary/aromatic N) is 1. The number of piperazine rings is 1. The fraction of sp³-hybridized carbons (Fsp3) is 0.625. The number of benzene rings is 1. The molecule has 0 radical (unpaired) electrons. The fourth-order valence-electron chi connectivity index (χ4n) is 2.93. The summed E-state index contributed by atoms with van der Waals surface area (Å²) in [5, 5.41) is 3.40. The minimum Gasteiger partial charge on any atom is -0.314 e. The molecule has 1 aromatic carbocycles.